The van der Waals surface area contributed by atoms with Gasteiger partial charge in [0.05, 0.1) is 18.5 Å². The van der Waals surface area contributed by atoms with Gasteiger partial charge in [0.25, 0.3) is 5.91 Å². The maximum atomic E-state index is 12.3. The second kappa shape index (κ2) is 11.3. The van der Waals surface area contributed by atoms with E-state index >= 15 is 0 Å². The molecule has 8 nitrogen and oxygen atoms in total. The summed E-state index contributed by atoms with van der Waals surface area (Å²) in [6, 6.07) is 19.7. The summed E-state index contributed by atoms with van der Waals surface area (Å²) in [6.07, 6.45) is 1.47. The van der Waals surface area contributed by atoms with Gasteiger partial charge in [-0.15, -0.1) is 10.2 Å². The minimum atomic E-state index is -0.249. The number of halogens is 1. The molecule has 0 saturated heterocycles. The molecule has 34 heavy (non-hydrogen) atoms. The molecule has 0 unspecified atom stereocenters. The highest BCUT2D eigenvalue weighted by Gasteiger charge is 2.16. The van der Waals surface area contributed by atoms with E-state index in [1.54, 1.807) is 6.07 Å². The number of amides is 1. The molecule has 0 bridgehead atoms. The van der Waals surface area contributed by atoms with E-state index in [1.165, 1.54) is 21.5 Å². The number of thioether (sulfide) groups is 1. The van der Waals surface area contributed by atoms with Crippen molar-refractivity contribution in [2.24, 2.45) is 5.10 Å². The number of aryl methyl sites for hydroxylation is 2. The van der Waals surface area contributed by atoms with Gasteiger partial charge in [-0.05, 0) is 84.5 Å². The van der Waals surface area contributed by atoms with Crippen LogP contribution < -0.4 is 10.7 Å². The number of rotatable bonds is 9. The van der Waals surface area contributed by atoms with Crippen LogP contribution in [0.2, 0.25) is 0 Å². The first-order valence-electron chi connectivity index (χ1n) is 10.5. The van der Waals surface area contributed by atoms with Crippen LogP contribution in [0.25, 0.3) is 5.69 Å². The molecule has 2 heterocycles. The third-order valence-electron chi connectivity index (χ3n) is 4.81. The topological polar surface area (TPSA) is 97.3 Å². The van der Waals surface area contributed by atoms with Gasteiger partial charge in [0.2, 0.25) is 0 Å². The predicted molar refractivity (Wildman–Crippen MR) is 142 cm³/mol. The molecule has 2 N–H and O–H groups in total. The van der Waals surface area contributed by atoms with Crippen LogP contribution in [0.3, 0.4) is 0 Å². The third kappa shape index (κ3) is 6.26. The summed E-state index contributed by atoms with van der Waals surface area (Å²) in [6.45, 7) is 4.41. The average molecular weight is 586 g/mol. The molecule has 0 radical (unpaired) electrons. The average Bonchev–Trinajstić information content (AvgIpc) is 3.43. The van der Waals surface area contributed by atoms with E-state index in [2.05, 4.69) is 73.8 Å². The minimum Gasteiger partial charge on any atom is -0.460 e. The lowest BCUT2D eigenvalue weighted by Crippen LogP contribution is -2.20. The summed E-state index contributed by atoms with van der Waals surface area (Å²) in [5.74, 6) is 2.00. The zero-order valence-electron chi connectivity index (χ0n) is 18.7. The standard InChI is InChI=1S/C24H23IN6O2S/c1-16-12-18(25)9-11-21(16)26-14-22-28-30-24(31(22)19-6-4-3-5-7-19)34-15-23(32)29-27-13-20-10-8-17(2)33-20/h3-13,26H,14-15H2,1-2H3,(H,29,32)/b27-13+. The Morgan fingerprint density at radius 1 is 1.15 bits per heavy atom. The summed E-state index contributed by atoms with van der Waals surface area (Å²) in [5, 5.41) is 16.8. The number of carbonyl (C=O) groups excluding carboxylic acids is 1. The number of benzene rings is 2. The van der Waals surface area contributed by atoms with Gasteiger partial charge >= 0.3 is 0 Å². The van der Waals surface area contributed by atoms with E-state index in [0.29, 0.717) is 17.5 Å². The lowest BCUT2D eigenvalue weighted by molar-refractivity contribution is -0.118. The number of nitrogens with one attached hydrogen (secondary N) is 2. The first-order valence-corrected chi connectivity index (χ1v) is 12.6. The van der Waals surface area contributed by atoms with Crippen LogP contribution in [0.5, 0.6) is 0 Å². The Balaban J connectivity index is 1.44. The van der Waals surface area contributed by atoms with E-state index in [1.807, 2.05) is 47.9 Å². The number of carbonyl (C=O) groups is 1. The Bertz CT molecular complexity index is 1300. The van der Waals surface area contributed by atoms with E-state index < -0.39 is 0 Å². The van der Waals surface area contributed by atoms with Crippen molar-refractivity contribution in [3.05, 3.63) is 87.1 Å². The Hall–Kier alpha value is -3.12. The van der Waals surface area contributed by atoms with Crippen LogP contribution in [0.15, 0.2) is 75.3 Å². The van der Waals surface area contributed by atoms with Crippen molar-refractivity contribution in [2.45, 2.75) is 25.5 Å². The maximum Gasteiger partial charge on any atom is 0.250 e. The highest BCUT2D eigenvalue weighted by molar-refractivity contribution is 14.1. The highest BCUT2D eigenvalue weighted by Crippen LogP contribution is 2.23. The van der Waals surface area contributed by atoms with Gasteiger partial charge < -0.3 is 9.73 Å². The van der Waals surface area contributed by atoms with Crippen LogP contribution in [0.1, 0.15) is 22.9 Å². The molecule has 10 heteroatoms. The highest BCUT2D eigenvalue weighted by atomic mass is 127. The molecule has 4 rings (SSSR count). The largest absolute Gasteiger partial charge is 0.460 e. The molecule has 2 aromatic carbocycles. The van der Waals surface area contributed by atoms with Gasteiger partial charge in [0.1, 0.15) is 11.5 Å². The fraction of sp³-hybridized carbons (Fsp3) is 0.167. The van der Waals surface area contributed by atoms with Crippen molar-refractivity contribution < 1.29 is 9.21 Å². The third-order valence-corrected chi connectivity index (χ3v) is 6.41. The molecule has 174 valence electrons. The number of aromatic nitrogens is 3. The zero-order chi connectivity index (χ0) is 23.9. The Labute approximate surface area is 215 Å². The number of hydrogen-bond donors (Lipinski definition) is 2. The molecular weight excluding hydrogens is 563 g/mol. The second-order valence-electron chi connectivity index (χ2n) is 7.41. The lowest BCUT2D eigenvalue weighted by Gasteiger charge is -2.12. The molecule has 0 saturated carbocycles. The van der Waals surface area contributed by atoms with Crippen LogP contribution in [-0.2, 0) is 11.3 Å². The molecule has 0 atom stereocenters. The van der Waals surface area contributed by atoms with Gasteiger partial charge in [-0.2, -0.15) is 5.10 Å². The van der Waals surface area contributed by atoms with E-state index in [0.717, 1.165) is 28.5 Å². The molecule has 0 aliphatic heterocycles. The van der Waals surface area contributed by atoms with Crippen LogP contribution >= 0.6 is 34.4 Å². The van der Waals surface area contributed by atoms with Crippen molar-refractivity contribution in [2.75, 3.05) is 11.1 Å². The second-order valence-corrected chi connectivity index (χ2v) is 9.60. The normalized spacial score (nSPS) is 11.1. The van der Waals surface area contributed by atoms with Crippen molar-refractivity contribution in [3.63, 3.8) is 0 Å². The molecule has 4 aromatic rings. The SMILES string of the molecule is Cc1ccc(/C=N/NC(=O)CSc2nnc(CNc3ccc(I)cc3C)n2-c2ccccc2)o1. The van der Waals surface area contributed by atoms with Crippen molar-refractivity contribution in [1.29, 1.82) is 0 Å². The zero-order valence-corrected chi connectivity index (χ0v) is 21.6. The van der Waals surface area contributed by atoms with E-state index in [-0.39, 0.29) is 11.7 Å². The molecular formula is C24H23IN6O2S. The number of furan rings is 1. The number of nitrogens with zero attached hydrogens (tertiary/aromatic N) is 4. The van der Waals surface area contributed by atoms with Crippen molar-refractivity contribution in [3.8, 4) is 5.69 Å². The quantitative estimate of drug-likeness (QED) is 0.125. The number of hydrogen-bond acceptors (Lipinski definition) is 7. The van der Waals surface area contributed by atoms with Gasteiger partial charge in [-0.3, -0.25) is 9.36 Å². The fourth-order valence-electron chi connectivity index (χ4n) is 3.20. The van der Waals surface area contributed by atoms with Crippen molar-refractivity contribution in [1.82, 2.24) is 20.2 Å². The van der Waals surface area contributed by atoms with Gasteiger partial charge in [-0.25, -0.2) is 5.43 Å². The minimum absolute atomic E-state index is 0.142. The lowest BCUT2D eigenvalue weighted by atomic mass is 10.2. The Kier molecular flexibility index (Phi) is 8.01. The van der Waals surface area contributed by atoms with Crippen LogP contribution in [0.4, 0.5) is 5.69 Å². The van der Waals surface area contributed by atoms with Gasteiger partial charge in [0.15, 0.2) is 11.0 Å². The van der Waals surface area contributed by atoms with E-state index in [9.17, 15) is 4.79 Å². The van der Waals surface area contributed by atoms with Gasteiger partial charge in [-0.1, -0.05) is 30.0 Å². The molecule has 1 amide bonds. The van der Waals surface area contributed by atoms with Crippen molar-refractivity contribution >= 4 is 52.2 Å². The summed E-state index contributed by atoms with van der Waals surface area (Å²) in [5.41, 5.74) is 5.65. The Morgan fingerprint density at radius 2 is 1.97 bits per heavy atom. The first-order chi connectivity index (χ1) is 16.5. The van der Waals surface area contributed by atoms with Gasteiger partial charge in [0, 0.05) is 14.9 Å². The molecule has 0 aliphatic carbocycles. The molecule has 2 aromatic heterocycles. The summed E-state index contributed by atoms with van der Waals surface area (Å²) in [4.78, 5) is 12.3. The maximum absolute atomic E-state index is 12.3. The summed E-state index contributed by atoms with van der Waals surface area (Å²) >= 11 is 3.60. The molecule has 0 fully saturated rings. The fourth-order valence-corrected chi connectivity index (χ4v) is 4.61. The van der Waals surface area contributed by atoms with Crippen LogP contribution in [-0.4, -0.2) is 32.6 Å². The number of hydrazone groups is 1. The summed E-state index contributed by atoms with van der Waals surface area (Å²) < 4.78 is 8.55. The van der Waals surface area contributed by atoms with Crippen LogP contribution in [0, 0.1) is 17.4 Å². The number of para-hydroxylation sites is 1. The first kappa shape index (κ1) is 24.0. The Morgan fingerprint density at radius 3 is 2.71 bits per heavy atom. The molecule has 0 spiro atoms. The summed E-state index contributed by atoms with van der Waals surface area (Å²) in [7, 11) is 0. The smallest absolute Gasteiger partial charge is 0.250 e. The number of anilines is 1. The monoisotopic (exact) mass is 586 g/mol. The predicted octanol–water partition coefficient (Wildman–Crippen LogP) is 4.94. The molecule has 0 aliphatic rings. The van der Waals surface area contributed by atoms with E-state index in [4.69, 9.17) is 4.42 Å².